The van der Waals surface area contributed by atoms with Crippen LogP contribution < -0.4 is 14.0 Å². The van der Waals surface area contributed by atoms with Gasteiger partial charge in [0.15, 0.2) is 5.75 Å². The fourth-order valence-electron chi connectivity index (χ4n) is 1.08. The molecule has 0 atom stereocenters. The first-order chi connectivity index (χ1) is 5.29. The van der Waals surface area contributed by atoms with Gasteiger partial charge in [-0.15, -0.1) is 11.3 Å². The maximum atomic E-state index is 9.31. The van der Waals surface area contributed by atoms with Crippen LogP contribution >= 0.6 is 11.3 Å². The van der Waals surface area contributed by atoms with Gasteiger partial charge in [0, 0.05) is 4.50 Å². The van der Waals surface area contributed by atoms with Crippen LogP contribution in [0.2, 0.25) is 0 Å². The Kier molecular flexibility index (Phi) is 1.54. The number of rotatable bonds is 0. The molecular formula is C6H8O3SSi. The van der Waals surface area contributed by atoms with Crippen LogP contribution in [0, 0.1) is 0 Å². The molecule has 0 spiro atoms. The summed E-state index contributed by atoms with van der Waals surface area (Å²) in [5.74, 6) is 1.32. The maximum absolute atomic E-state index is 9.31. The molecule has 2 heterocycles. The van der Waals surface area contributed by atoms with Crippen molar-refractivity contribution in [3.63, 3.8) is 0 Å². The number of aromatic hydroxyl groups is 1. The number of ether oxygens (including phenoxy) is 2. The standard InChI is InChI=1S/C6H8O3SSi/c7-5-3-4(6(11)10-5)9-2-1-8-3/h7H,1-2H2,11H3. The van der Waals surface area contributed by atoms with Gasteiger partial charge in [0.2, 0.25) is 10.8 Å². The Hall–Kier alpha value is -0.683. The van der Waals surface area contributed by atoms with E-state index in [4.69, 9.17) is 9.47 Å². The van der Waals surface area contributed by atoms with Crippen molar-refractivity contribution in [2.45, 2.75) is 0 Å². The molecule has 0 aliphatic carbocycles. The van der Waals surface area contributed by atoms with E-state index in [9.17, 15) is 5.11 Å². The molecule has 0 radical (unpaired) electrons. The molecule has 0 amide bonds. The summed E-state index contributed by atoms with van der Waals surface area (Å²) in [6.07, 6.45) is 0. The molecule has 1 N–H and O–H groups in total. The first-order valence-electron chi connectivity index (χ1n) is 3.37. The van der Waals surface area contributed by atoms with E-state index < -0.39 is 0 Å². The van der Waals surface area contributed by atoms with Crippen LogP contribution in [-0.2, 0) is 0 Å². The minimum absolute atomic E-state index is 0.254. The fourth-order valence-corrected chi connectivity index (χ4v) is 2.81. The van der Waals surface area contributed by atoms with E-state index in [-0.39, 0.29) is 5.06 Å². The second-order valence-electron chi connectivity index (χ2n) is 2.32. The second-order valence-corrected chi connectivity index (χ2v) is 5.25. The molecule has 1 aromatic rings. The van der Waals surface area contributed by atoms with Crippen molar-refractivity contribution in [1.82, 2.24) is 0 Å². The predicted octanol–water partition coefficient (Wildman–Crippen LogP) is -0.784. The normalized spacial score (nSPS) is 15.3. The Morgan fingerprint density at radius 3 is 2.55 bits per heavy atom. The predicted molar refractivity (Wildman–Crippen MR) is 46.5 cm³/mol. The third-order valence-corrected chi connectivity index (χ3v) is 3.48. The van der Waals surface area contributed by atoms with Gasteiger partial charge >= 0.3 is 0 Å². The van der Waals surface area contributed by atoms with Gasteiger partial charge in [0.25, 0.3) is 0 Å². The lowest BCUT2D eigenvalue weighted by Gasteiger charge is -2.15. The fraction of sp³-hybridized carbons (Fsp3) is 0.333. The largest absolute Gasteiger partial charge is 0.497 e. The summed E-state index contributed by atoms with van der Waals surface area (Å²) in [5.41, 5.74) is 0. The summed E-state index contributed by atoms with van der Waals surface area (Å²) >= 11 is 1.35. The SMILES string of the molecule is Oc1sc([SiH3])c2c1OCCO2. The van der Waals surface area contributed by atoms with Crippen LogP contribution in [0.5, 0.6) is 16.6 Å². The highest BCUT2D eigenvalue weighted by Crippen LogP contribution is 2.41. The van der Waals surface area contributed by atoms with Crippen molar-refractivity contribution < 1.29 is 14.6 Å². The zero-order chi connectivity index (χ0) is 7.84. The average molecular weight is 188 g/mol. The monoisotopic (exact) mass is 188 g/mol. The summed E-state index contributed by atoms with van der Waals surface area (Å²) in [5, 5.41) is 9.57. The Bertz CT molecular complexity index is 257. The molecule has 1 aliphatic heterocycles. The third kappa shape index (κ3) is 1.00. The third-order valence-electron chi connectivity index (χ3n) is 1.55. The lowest BCUT2D eigenvalue weighted by molar-refractivity contribution is 0.170. The smallest absolute Gasteiger partial charge is 0.218 e. The van der Waals surface area contributed by atoms with E-state index in [1.165, 1.54) is 11.3 Å². The van der Waals surface area contributed by atoms with E-state index in [1.54, 1.807) is 0 Å². The summed E-state index contributed by atoms with van der Waals surface area (Å²) in [6.45, 7) is 1.14. The molecule has 1 aromatic heterocycles. The van der Waals surface area contributed by atoms with Crippen molar-refractivity contribution in [3.05, 3.63) is 0 Å². The Balaban J connectivity index is 2.52. The van der Waals surface area contributed by atoms with Gasteiger partial charge < -0.3 is 14.6 Å². The molecule has 0 saturated heterocycles. The summed E-state index contributed by atoms with van der Waals surface area (Å²) in [6, 6.07) is 0. The van der Waals surface area contributed by atoms with E-state index in [2.05, 4.69) is 0 Å². The van der Waals surface area contributed by atoms with Gasteiger partial charge in [-0.1, -0.05) is 0 Å². The topological polar surface area (TPSA) is 38.7 Å². The quantitative estimate of drug-likeness (QED) is 0.543. The zero-order valence-corrected chi connectivity index (χ0v) is 8.90. The molecule has 0 bridgehead atoms. The second kappa shape index (κ2) is 2.42. The lowest BCUT2D eigenvalue weighted by Crippen LogP contribution is -2.17. The summed E-state index contributed by atoms with van der Waals surface area (Å²) < 4.78 is 11.7. The van der Waals surface area contributed by atoms with Crippen LogP contribution in [-0.4, -0.2) is 28.6 Å². The lowest BCUT2D eigenvalue weighted by atomic mass is 10.5. The Labute approximate surface area is 71.0 Å². The van der Waals surface area contributed by atoms with Gasteiger partial charge in [-0.2, -0.15) is 0 Å². The molecule has 3 nitrogen and oxygen atoms in total. The van der Waals surface area contributed by atoms with Crippen LogP contribution in [0.1, 0.15) is 0 Å². The number of thiophene rings is 1. The number of hydrogen-bond donors (Lipinski definition) is 1. The number of hydrogen-bond acceptors (Lipinski definition) is 4. The van der Waals surface area contributed by atoms with Gasteiger partial charge in [-0.25, -0.2) is 0 Å². The number of fused-ring (bicyclic) bond motifs is 1. The van der Waals surface area contributed by atoms with Crippen molar-refractivity contribution in [3.8, 4) is 16.6 Å². The van der Waals surface area contributed by atoms with Crippen LogP contribution in [0.15, 0.2) is 0 Å². The summed E-state index contributed by atoms with van der Waals surface area (Å²) in [4.78, 5) is 0. The molecule has 5 heteroatoms. The molecular weight excluding hydrogens is 180 g/mol. The first-order valence-corrected chi connectivity index (χ1v) is 5.18. The molecule has 2 rings (SSSR count). The highest BCUT2D eigenvalue weighted by Gasteiger charge is 2.21. The van der Waals surface area contributed by atoms with Gasteiger partial charge in [-0.3, -0.25) is 0 Å². The highest BCUT2D eigenvalue weighted by atomic mass is 32.1. The van der Waals surface area contributed by atoms with Gasteiger partial charge in [-0.05, 0) is 0 Å². The van der Waals surface area contributed by atoms with Crippen molar-refractivity contribution in [2.75, 3.05) is 13.2 Å². The highest BCUT2D eigenvalue weighted by molar-refractivity contribution is 7.22. The molecule has 0 unspecified atom stereocenters. The van der Waals surface area contributed by atoms with Crippen molar-refractivity contribution >= 4 is 26.1 Å². The van der Waals surface area contributed by atoms with Crippen molar-refractivity contribution in [1.29, 1.82) is 0 Å². The molecule has 0 aromatic carbocycles. The first kappa shape index (κ1) is 6.99. The van der Waals surface area contributed by atoms with E-state index in [0.717, 1.165) is 20.5 Å². The molecule has 1 aliphatic rings. The Morgan fingerprint density at radius 1 is 1.27 bits per heavy atom. The average Bonchev–Trinajstić information content (AvgIpc) is 2.30. The Morgan fingerprint density at radius 2 is 1.91 bits per heavy atom. The van der Waals surface area contributed by atoms with Crippen LogP contribution in [0.25, 0.3) is 0 Å². The zero-order valence-electron chi connectivity index (χ0n) is 6.09. The van der Waals surface area contributed by atoms with Gasteiger partial charge in [0.1, 0.15) is 13.2 Å². The van der Waals surface area contributed by atoms with Crippen LogP contribution in [0.3, 0.4) is 0 Å². The van der Waals surface area contributed by atoms with E-state index in [0.29, 0.717) is 19.0 Å². The molecule has 0 saturated carbocycles. The van der Waals surface area contributed by atoms with E-state index in [1.807, 2.05) is 0 Å². The van der Waals surface area contributed by atoms with Gasteiger partial charge in [0.05, 0.1) is 10.2 Å². The minimum Gasteiger partial charge on any atom is -0.497 e. The van der Waals surface area contributed by atoms with Crippen molar-refractivity contribution in [2.24, 2.45) is 0 Å². The summed E-state index contributed by atoms with van der Waals surface area (Å²) in [7, 11) is 0.897. The van der Waals surface area contributed by atoms with Crippen LogP contribution in [0.4, 0.5) is 0 Å². The van der Waals surface area contributed by atoms with E-state index >= 15 is 0 Å². The molecule has 0 fully saturated rings. The maximum Gasteiger partial charge on any atom is 0.218 e. The molecule has 11 heavy (non-hydrogen) atoms. The minimum atomic E-state index is 0.254. The molecule has 60 valence electrons.